The summed E-state index contributed by atoms with van der Waals surface area (Å²) in [6, 6.07) is -5.34. The number of carboxylic acid groups (broad SMARTS) is 3. The van der Waals surface area contributed by atoms with E-state index >= 15 is 0 Å². The largest absolute Gasteiger partial charge is 0.490 e. The Hall–Kier alpha value is -4.59. The molecule has 5 heterocycles. The van der Waals surface area contributed by atoms with Gasteiger partial charge in [-0.05, 0) is 39.5 Å². The molecule has 2 aromatic heterocycles. The maximum absolute atomic E-state index is 13.8. The number of amides is 5. The number of nitrogens with one attached hydrogen (secondary N) is 5. The summed E-state index contributed by atoms with van der Waals surface area (Å²) < 4.78 is 59.2. The van der Waals surface area contributed by atoms with Crippen LogP contribution in [0.2, 0.25) is 0 Å². The molecule has 3 saturated heterocycles. The zero-order valence-electron chi connectivity index (χ0n) is 41.2. The van der Waals surface area contributed by atoms with E-state index in [0.29, 0.717) is 30.2 Å². The van der Waals surface area contributed by atoms with Gasteiger partial charge in [0.15, 0.2) is 0 Å². The van der Waals surface area contributed by atoms with Crippen LogP contribution in [0, 0.1) is 11.8 Å². The molecule has 78 heavy (non-hydrogen) atoms. The lowest BCUT2D eigenvalue weighted by molar-refractivity contribution is -0.148. The van der Waals surface area contributed by atoms with E-state index in [1.165, 1.54) is 32.4 Å². The Balaban J connectivity index is 1.16. The van der Waals surface area contributed by atoms with Crippen molar-refractivity contribution in [1.82, 2.24) is 41.1 Å². The number of carbonyl (C=O) groups is 7. The number of aliphatic hydroxyl groups is 1. The number of hydrogen-bond donors (Lipinski definition) is 14. The Morgan fingerprint density at radius 3 is 2.32 bits per heavy atom. The molecular formula is C40H58N9O23P3S3. The number of nitrogen functional groups attached to an aromatic ring is 1. The monoisotopic (exact) mass is 1220 g/mol. The fraction of sp³-hybridized carbons (Fsp3) is 0.625. The van der Waals surface area contributed by atoms with Crippen LogP contribution in [-0.4, -0.2) is 174 Å². The second-order valence-electron chi connectivity index (χ2n) is 18.1. The van der Waals surface area contributed by atoms with Crippen molar-refractivity contribution in [3.63, 3.8) is 0 Å². The number of aliphatic carboxylic acids is 3. The van der Waals surface area contributed by atoms with Gasteiger partial charge < -0.3 is 86.4 Å². The molecule has 2 aromatic rings. The smallest absolute Gasteiger partial charge is 0.481 e. The minimum atomic E-state index is -5.79. The average molecular weight is 1220 g/mol. The maximum atomic E-state index is 13.8. The third-order valence-electron chi connectivity index (χ3n) is 11.6. The van der Waals surface area contributed by atoms with E-state index in [0.717, 1.165) is 12.1 Å². The fourth-order valence-electron chi connectivity index (χ4n) is 8.02. The summed E-state index contributed by atoms with van der Waals surface area (Å²) in [6.07, 6.45) is -1.26. The number of hydrogen-bond acceptors (Lipinski definition) is 22. The summed E-state index contributed by atoms with van der Waals surface area (Å²) in [7, 11) is -14.3. The SMILES string of the molecule is CC(C)(CCC(NC(=O)CCCC[C@@H]1SC[C@@H]2NC(=O)N[C@@H]21)C(=O)NC(CC(=O)O)C(=O)NC(CC(=O)O)C(=O)O)SSCOCC#Cc1cn(C2CC(O)C(COP(=O)(O)OP(=O)(O)OP(=O)(O)O)O2)c2ncnc(N)c12. The van der Waals surface area contributed by atoms with Crippen molar-refractivity contribution in [3.8, 4) is 11.8 Å². The molecule has 5 rings (SSSR count). The standard InChI is InChI=1S/C40H58N9O23P3S3/c1-40(2,10-9-21(44-28(51)8-4-3-7-27-33-24(17-76-27)47-39(60)48-33)36(56)45-22(12-30(52)53)37(57)46-23(38(58)59)13-31(54)55)78-77-19-68-11-5-6-20-15-49(35-32(20)34(41)42-18-43-35)29-14-25(50)26(70-29)16-69-74(64,65)72-75(66,67)71-73(61,62)63/h15,18,21-27,29,33,50H,3-4,7-14,16-17,19H2,1-2H3,(H,44,51)(H,45,56)(H,46,57)(H,52,53)(H,54,55)(H,58,59)(H,64,65)(H,66,67)(H2,41,42,43)(H2,47,48,60)(H2,61,62,63)/t21?,22?,23?,24-,25?,26?,27-,29?,33-/m0/s1. The highest BCUT2D eigenvalue weighted by atomic mass is 33.1. The number of rotatable bonds is 31. The number of aliphatic hydroxyl groups excluding tert-OH is 1. The summed E-state index contributed by atoms with van der Waals surface area (Å²) in [5.74, 6) is -0.923. The van der Waals surface area contributed by atoms with Crippen LogP contribution >= 0.6 is 56.8 Å². The highest BCUT2D eigenvalue weighted by Gasteiger charge is 2.44. The Kier molecular flexibility index (Phi) is 23.2. The van der Waals surface area contributed by atoms with Gasteiger partial charge in [0, 0.05) is 34.8 Å². The Morgan fingerprint density at radius 2 is 1.64 bits per heavy atom. The van der Waals surface area contributed by atoms with Gasteiger partial charge in [-0.15, -0.1) is 0 Å². The highest BCUT2D eigenvalue weighted by Crippen LogP contribution is 2.66. The summed E-state index contributed by atoms with van der Waals surface area (Å²) in [5.41, 5.74) is 6.70. The van der Waals surface area contributed by atoms with Crippen LogP contribution < -0.4 is 32.3 Å². The first-order valence-corrected chi connectivity index (χ1v) is 31.2. The molecule has 0 radical (unpaired) electrons. The third-order valence-corrected chi connectivity index (χ3v) is 19.9. The van der Waals surface area contributed by atoms with Crippen molar-refractivity contribution in [3.05, 3.63) is 18.1 Å². The zero-order chi connectivity index (χ0) is 57.8. The van der Waals surface area contributed by atoms with Gasteiger partial charge in [0.1, 0.15) is 60.8 Å². The highest BCUT2D eigenvalue weighted by molar-refractivity contribution is 8.77. The minimum absolute atomic E-state index is 0.00300. The van der Waals surface area contributed by atoms with Crippen LogP contribution in [0.3, 0.4) is 0 Å². The number of nitrogens with zero attached hydrogens (tertiary/aromatic N) is 3. The minimum Gasteiger partial charge on any atom is -0.481 e. The molecular weight excluding hydrogens is 1160 g/mol. The number of urea groups is 1. The molecule has 3 fully saturated rings. The number of thioether (sulfide) groups is 1. The van der Waals surface area contributed by atoms with Crippen molar-refractivity contribution in [2.75, 3.05) is 30.6 Å². The van der Waals surface area contributed by atoms with Crippen molar-refractivity contribution in [1.29, 1.82) is 0 Å². The normalized spacial score (nSPS) is 22.8. The molecule has 3 aliphatic rings. The summed E-state index contributed by atoms with van der Waals surface area (Å²) in [4.78, 5) is 132. The van der Waals surface area contributed by atoms with Gasteiger partial charge in [0.2, 0.25) is 17.7 Å². The van der Waals surface area contributed by atoms with Gasteiger partial charge in [-0.1, -0.05) is 39.8 Å². The van der Waals surface area contributed by atoms with E-state index in [2.05, 4.69) is 56.2 Å². The Labute approximate surface area is 455 Å². The summed E-state index contributed by atoms with van der Waals surface area (Å²) >= 11 is 1.72. The van der Waals surface area contributed by atoms with Gasteiger partial charge in [-0.3, -0.25) is 28.5 Å². The number of unbranched alkanes of at least 4 members (excludes halogenated alkanes) is 1. The molecule has 5 amide bonds. The number of carboxylic acids is 3. The molecule has 434 valence electrons. The summed E-state index contributed by atoms with van der Waals surface area (Å²) in [6.45, 7) is 2.68. The second kappa shape index (κ2) is 28.2. The van der Waals surface area contributed by atoms with E-state index < -0.39 is 120 Å². The van der Waals surface area contributed by atoms with Crippen molar-refractivity contribution in [2.45, 2.75) is 130 Å². The van der Waals surface area contributed by atoms with Crippen LogP contribution in [0.1, 0.15) is 83.4 Å². The zero-order valence-corrected chi connectivity index (χ0v) is 46.4. The van der Waals surface area contributed by atoms with E-state index in [1.54, 1.807) is 11.8 Å². The lowest BCUT2D eigenvalue weighted by Crippen LogP contribution is -2.56. The van der Waals surface area contributed by atoms with Crippen molar-refractivity contribution in [2.24, 2.45) is 0 Å². The number of ether oxygens (including phenoxy) is 2. The van der Waals surface area contributed by atoms with Crippen LogP contribution in [0.25, 0.3) is 11.0 Å². The van der Waals surface area contributed by atoms with Gasteiger partial charge in [0.25, 0.3) is 0 Å². The quantitative estimate of drug-likeness (QED) is 0.0122. The molecule has 15 N–H and O–H groups in total. The molecule has 8 unspecified atom stereocenters. The predicted molar refractivity (Wildman–Crippen MR) is 274 cm³/mol. The first-order chi connectivity index (χ1) is 36.4. The van der Waals surface area contributed by atoms with Crippen LogP contribution in [0.4, 0.5) is 10.6 Å². The molecule has 0 bridgehead atoms. The summed E-state index contributed by atoms with van der Waals surface area (Å²) in [5, 5.41) is 51.9. The van der Waals surface area contributed by atoms with Gasteiger partial charge in [-0.25, -0.2) is 33.3 Å². The Bertz CT molecular complexity index is 2760. The van der Waals surface area contributed by atoms with Crippen molar-refractivity contribution < 1.29 is 110 Å². The number of fused-ring (bicyclic) bond motifs is 2. The van der Waals surface area contributed by atoms with E-state index in [1.807, 2.05) is 19.2 Å². The number of phosphoric ester groups is 1. The number of carbonyl (C=O) groups excluding carboxylic acids is 4. The topological polar surface area (TPSA) is 496 Å². The van der Waals surface area contributed by atoms with E-state index in [9.17, 15) is 72.4 Å². The lowest BCUT2D eigenvalue weighted by Gasteiger charge is -2.27. The molecule has 0 saturated carbocycles. The average Bonchev–Trinajstić information content (AvgIpc) is 4.08. The molecule has 3 aliphatic heterocycles. The molecule has 0 aromatic carbocycles. The maximum Gasteiger partial charge on any atom is 0.490 e. The van der Waals surface area contributed by atoms with E-state index in [4.69, 9.17) is 30.1 Å². The number of aromatic nitrogens is 3. The van der Waals surface area contributed by atoms with Crippen LogP contribution in [-0.2, 0) is 65.1 Å². The molecule has 11 atom stereocenters. The Morgan fingerprint density at radius 1 is 0.962 bits per heavy atom. The molecule has 0 spiro atoms. The molecule has 38 heteroatoms. The molecule has 0 aliphatic carbocycles. The second-order valence-corrected chi connectivity index (χ2v) is 26.8. The molecule has 32 nitrogen and oxygen atoms in total. The third kappa shape index (κ3) is 20.2. The van der Waals surface area contributed by atoms with Crippen molar-refractivity contribution >= 4 is 115 Å². The van der Waals surface area contributed by atoms with Gasteiger partial charge in [0.05, 0.1) is 48.6 Å². The first kappa shape index (κ1) is 64.2. The first-order valence-electron chi connectivity index (χ1n) is 23.3. The van der Waals surface area contributed by atoms with Crippen LogP contribution in [0.5, 0.6) is 0 Å². The van der Waals surface area contributed by atoms with Gasteiger partial charge in [-0.2, -0.15) is 20.4 Å². The number of nitrogens with two attached hydrogens (primary N) is 1. The van der Waals surface area contributed by atoms with E-state index in [-0.39, 0.29) is 73.1 Å². The fourth-order valence-corrected chi connectivity index (χ4v) is 14.9. The van der Waals surface area contributed by atoms with Gasteiger partial charge >= 0.3 is 47.4 Å². The number of phosphoric acid groups is 3. The lowest BCUT2D eigenvalue weighted by atomic mass is 10.0. The number of anilines is 1. The predicted octanol–water partition coefficient (Wildman–Crippen LogP) is 0.485. The van der Waals surface area contributed by atoms with Crippen LogP contribution in [0.15, 0.2) is 12.5 Å².